The van der Waals surface area contributed by atoms with Crippen LogP contribution in [0.5, 0.6) is 5.75 Å². The summed E-state index contributed by atoms with van der Waals surface area (Å²) < 4.78 is 5.34. The summed E-state index contributed by atoms with van der Waals surface area (Å²) in [5.74, 6) is 3.23. The maximum Gasteiger partial charge on any atom is 0.258 e. The van der Waals surface area contributed by atoms with E-state index in [1.54, 1.807) is 25.3 Å². The quantitative estimate of drug-likeness (QED) is 0.773. The third-order valence-corrected chi connectivity index (χ3v) is 4.75. The monoisotopic (exact) mass is 269 g/mol. The molecule has 0 atom stereocenters. The van der Waals surface area contributed by atoms with E-state index in [1.807, 2.05) is 4.90 Å². The fraction of sp³-hybridized carbons (Fsp3) is 0.471. The molecule has 1 aliphatic heterocycles. The molecular formula is C17H19NO2. The molecule has 3 rings (SSSR count). The molecule has 20 heavy (non-hydrogen) atoms. The highest BCUT2D eigenvalue weighted by molar-refractivity contribution is 5.98. The van der Waals surface area contributed by atoms with Crippen LogP contribution in [0.25, 0.3) is 0 Å². The molecule has 0 radical (unpaired) electrons. The molecule has 104 valence electrons. The van der Waals surface area contributed by atoms with Crippen molar-refractivity contribution in [1.29, 1.82) is 0 Å². The standard InChI is InChI=1S/C17H19NO2/c1-3-13-6-7-14(15(12-13)20-2)16(19)18-11-10-17(18)8-4-5-9-17/h1,6-7,12H,4-5,8-11H2,2H3. The molecule has 0 aromatic heterocycles. The molecule has 1 saturated heterocycles. The maximum absolute atomic E-state index is 12.8. The number of carbonyl (C=O) groups is 1. The van der Waals surface area contributed by atoms with Crippen molar-refractivity contribution in [3.8, 4) is 18.1 Å². The zero-order valence-electron chi connectivity index (χ0n) is 11.8. The SMILES string of the molecule is C#Cc1ccc(C(=O)N2CCC23CCCC3)c(OC)c1. The van der Waals surface area contributed by atoms with E-state index in [2.05, 4.69) is 5.92 Å². The first-order valence-electron chi connectivity index (χ1n) is 7.17. The number of benzene rings is 1. The molecule has 2 aliphatic rings. The van der Waals surface area contributed by atoms with Gasteiger partial charge in [0.25, 0.3) is 5.91 Å². The smallest absolute Gasteiger partial charge is 0.258 e. The largest absolute Gasteiger partial charge is 0.496 e. The Kier molecular flexibility index (Phi) is 3.17. The molecular weight excluding hydrogens is 250 g/mol. The summed E-state index contributed by atoms with van der Waals surface area (Å²) >= 11 is 0. The molecule has 1 aliphatic carbocycles. The molecule has 1 heterocycles. The summed E-state index contributed by atoms with van der Waals surface area (Å²) in [5, 5.41) is 0. The van der Waals surface area contributed by atoms with Crippen molar-refractivity contribution in [3.05, 3.63) is 29.3 Å². The second-order valence-corrected chi connectivity index (χ2v) is 5.70. The lowest BCUT2D eigenvalue weighted by Gasteiger charge is -2.51. The predicted molar refractivity (Wildman–Crippen MR) is 77.8 cm³/mol. The molecule has 1 amide bonds. The molecule has 2 fully saturated rings. The number of likely N-dealkylation sites (tertiary alicyclic amines) is 1. The van der Waals surface area contributed by atoms with E-state index in [0.717, 1.165) is 31.4 Å². The van der Waals surface area contributed by atoms with Gasteiger partial charge < -0.3 is 9.64 Å². The van der Waals surface area contributed by atoms with Crippen molar-refractivity contribution in [2.45, 2.75) is 37.6 Å². The predicted octanol–water partition coefficient (Wildman–Crippen LogP) is 2.84. The number of terminal acetylenes is 1. The summed E-state index contributed by atoms with van der Waals surface area (Å²) in [6.45, 7) is 0.860. The van der Waals surface area contributed by atoms with Crippen LogP contribution in [0.3, 0.4) is 0 Å². The van der Waals surface area contributed by atoms with E-state index in [9.17, 15) is 4.79 Å². The Morgan fingerprint density at radius 3 is 2.65 bits per heavy atom. The zero-order valence-corrected chi connectivity index (χ0v) is 11.8. The van der Waals surface area contributed by atoms with Crippen LogP contribution in [-0.2, 0) is 0 Å². The molecule has 3 heteroatoms. The van der Waals surface area contributed by atoms with Crippen LogP contribution in [0.1, 0.15) is 48.0 Å². The van der Waals surface area contributed by atoms with Gasteiger partial charge >= 0.3 is 0 Å². The van der Waals surface area contributed by atoms with Gasteiger partial charge in [-0.15, -0.1) is 6.42 Å². The van der Waals surface area contributed by atoms with Gasteiger partial charge in [0.15, 0.2) is 0 Å². The van der Waals surface area contributed by atoms with Crippen LogP contribution in [-0.4, -0.2) is 30.0 Å². The normalized spacial score (nSPS) is 19.5. The second kappa shape index (κ2) is 4.86. The minimum atomic E-state index is 0.0820. The average molecular weight is 269 g/mol. The number of nitrogens with zero attached hydrogens (tertiary/aromatic N) is 1. The fourth-order valence-electron chi connectivity index (χ4n) is 3.51. The van der Waals surface area contributed by atoms with Gasteiger partial charge in [-0.05, 0) is 37.5 Å². The first-order chi connectivity index (χ1) is 9.70. The van der Waals surface area contributed by atoms with Crippen molar-refractivity contribution in [1.82, 2.24) is 4.90 Å². The third-order valence-electron chi connectivity index (χ3n) is 4.75. The van der Waals surface area contributed by atoms with E-state index in [1.165, 1.54) is 12.8 Å². The van der Waals surface area contributed by atoms with Gasteiger partial charge in [-0.2, -0.15) is 0 Å². The highest BCUT2D eigenvalue weighted by Crippen LogP contribution is 2.45. The molecule has 0 unspecified atom stereocenters. The Morgan fingerprint density at radius 2 is 2.10 bits per heavy atom. The van der Waals surface area contributed by atoms with Crippen LogP contribution >= 0.6 is 0 Å². The minimum Gasteiger partial charge on any atom is -0.496 e. The molecule has 1 spiro atoms. The van der Waals surface area contributed by atoms with Gasteiger partial charge in [-0.3, -0.25) is 4.79 Å². The number of amides is 1. The van der Waals surface area contributed by atoms with E-state index >= 15 is 0 Å². The van der Waals surface area contributed by atoms with E-state index in [4.69, 9.17) is 11.2 Å². The first-order valence-corrected chi connectivity index (χ1v) is 7.17. The number of ether oxygens (including phenoxy) is 1. The molecule has 0 bridgehead atoms. The van der Waals surface area contributed by atoms with Crippen molar-refractivity contribution >= 4 is 5.91 Å². The van der Waals surface area contributed by atoms with Crippen LogP contribution < -0.4 is 4.74 Å². The summed E-state index contributed by atoms with van der Waals surface area (Å²) in [6.07, 6.45) is 11.3. The Labute approximate surface area is 119 Å². The summed E-state index contributed by atoms with van der Waals surface area (Å²) in [7, 11) is 1.58. The number of carbonyl (C=O) groups excluding carboxylic acids is 1. The number of rotatable bonds is 2. The van der Waals surface area contributed by atoms with Gasteiger partial charge in [0, 0.05) is 17.6 Å². The molecule has 0 N–H and O–H groups in total. The minimum absolute atomic E-state index is 0.0820. The molecule has 1 aromatic carbocycles. The Balaban J connectivity index is 1.89. The first kappa shape index (κ1) is 13.1. The molecule has 1 aromatic rings. The van der Waals surface area contributed by atoms with E-state index < -0.39 is 0 Å². The van der Waals surface area contributed by atoms with Crippen molar-refractivity contribution in [3.63, 3.8) is 0 Å². The molecule has 1 saturated carbocycles. The Morgan fingerprint density at radius 1 is 1.35 bits per heavy atom. The number of methoxy groups -OCH3 is 1. The van der Waals surface area contributed by atoms with Crippen LogP contribution in [0.4, 0.5) is 0 Å². The molecule has 3 nitrogen and oxygen atoms in total. The van der Waals surface area contributed by atoms with Gasteiger partial charge in [0.2, 0.25) is 0 Å². The van der Waals surface area contributed by atoms with Gasteiger partial charge in [0.05, 0.1) is 12.7 Å². The second-order valence-electron chi connectivity index (χ2n) is 5.70. The van der Waals surface area contributed by atoms with E-state index in [-0.39, 0.29) is 11.4 Å². The van der Waals surface area contributed by atoms with Crippen molar-refractivity contribution in [2.24, 2.45) is 0 Å². The summed E-state index contributed by atoms with van der Waals surface area (Å²) in [5.41, 5.74) is 1.49. The van der Waals surface area contributed by atoms with Crippen molar-refractivity contribution in [2.75, 3.05) is 13.7 Å². The zero-order chi connectivity index (χ0) is 14.2. The Bertz CT molecular complexity index is 579. The average Bonchev–Trinajstić information content (AvgIpc) is 2.97. The number of hydrogen-bond acceptors (Lipinski definition) is 2. The van der Waals surface area contributed by atoms with Crippen LogP contribution in [0, 0.1) is 12.3 Å². The van der Waals surface area contributed by atoms with E-state index in [0.29, 0.717) is 11.3 Å². The highest BCUT2D eigenvalue weighted by Gasteiger charge is 2.49. The topological polar surface area (TPSA) is 29.5 Å². The lowest BCUT2D eigenvalue weighted by atomic mass is 9.82. The Hall–Kier alpha value is -1.95. The third kappa shape index (κ3) is 1.87. The maximum atomic E-state index is 12.8. The highest BCUT2D eigenvalue weighted by atomic mass is 16.5. The van der Waals surface area contributed by atoms with Gasteiger partial charge in [-0.25, -0.2) is 0 Å². The lowest BCUT2D eigenvalue weighted by Crippen LogP contribution is -2.60. The summed E-state index contributed by atoms with van der Waals surface area (Å²) in [6, 6.07) is 5.35. The number of hydrogen-bond donors (Lipinski definition) is 0. The van der Waals surface area contributed by atoms with Crippen molar-refractivity contribution < 1.29 is 9.53 Å². The fourth-order valence-corrected chi connectivity index (χ4v) is 3.51. The lowest BCUT2D eigenvalue weighted by molar-refractivity contribution is 0.000441. The summed E-state index contributed by atoms with van der Waals surface area (Å²) in [4.78, 5) is 14.8. The van der Waals surface area contributed by atoms with Gasteiger partial charge in [-0.1, -0.05) is 18.8 Å². The van der Waals surface area contributed by atoms with Crippen LogP contribution in [0.15, 0.2) is 18.2 Å². The van der Waals surface area contributed by atoms with Crippen LogP contribution in [0.2, 0.25) is 0 Å². The van der Waals surface area contributed by atoms with Gasteiger partial charge in [0.1, 0.15) is 5.75 Å².